The van der Waals surface area contributed by atoms with Crippen LogP contribution in [0.2, 0.25) is 0 Å². The number of aliphatic hydroxyl groups is 1. The molecular weight excluding hydrogens is 792 g/mol. The number of carbonyl (C=O) groups excluding carboxylic acids is 1. The number of aliphatic hydroxyl groups excluding tert-OH is 1. The predicted molar refractivity (Wildman–Crippen MR) is 267 cm³/mol. The van der Waals surface area contributed by atoms with Crippen LogP contribution in [0.5, 0.6) is 0 Å². The topological polar surface area (TPSA) is 105 Å². The number of nitrogens with one attached hydrogen (secondary N) is 1. The van der Waals surface area contributed by atoms with Gasteiger partial charge in [0.25, 0.3) is 0 Å². The summed E-state index contributed by atoms with van der Waals surface area (Å²) < 4.78 is 23.2. The maximum absolute atomic E-state index is 12.7. The monoisotopic (exact) mass is 880 g/mol. The molecule has 0 heterocycles. The minimum Gasteiger partial charge on any atom is -0.387 e. The minimum atomic E-state index is -4.33. The number of likely N-dealkylation sites (N-methyl/N-ethyl adjacent to an activating group) is 1. The Labute approximate surface area is 379 Å². The van der Waals surface area contributed by atoms with Crippen molar-refractivity contribution < 1.29 is 32.9 Å². The van der Waals surface area contributed by atoms with Gasteiger partial charge < -0.3 is 19.8 Å². The van der Waals surface area contributed by atoms with Gasteiger partial charge in [-0.2, -0.15) is 0 Å². The number of carbonyl (C=O) groups is 1. The molecule has 3 N–H and O–H groups in total. The largest absolute Gasteiger partial charge is 0.472 e. The third kappa shape index (κ3) is 44.7. The molecule has 0 spiro atoms. The number of phosphoric acid groups is 1. The number of quaternary nitrogens is 1. The lowest BCUT2D eigenvalue weighted by Gasteiger charge is -2.25. The van der Waals surface area contributed by atoms with Crippen molar-refractivity contribution in [3.8, 4) is 0 Å². The molecule has 0 fully saturated rings. The smallest absolute Gasteiger partial charge is 0.387 e. The highest BCUT2D eigenvalue weighted by Gasteiger charge is 2.27. The second-order valence-electron chi connectivity index (χ2n) is 16.4. The van der Waals surface area contributed by atoms with Crippen molar-refractivity contribution in [1.29, 1.82) is 0 Å². The van der Waals surface area contributed by atoms with E-state index in [2.05, 4.69) is 134 Å². The predicted octanol–water partition coefficient (Wildman–Crippen LogP) is 13.6. The van der Waals surface area contributed by atoms with Gasteiger partial charge >= 0.3 is 7.82 Å². The standard InChI is InChI=1S/C53H87N2O6P/c1-6-8-10-11-12-13-14-15-16-17-18-19-20-21-22-23-24-25-26-27-28-29-30-31-32-33-34-35-36-37-38-39-40-41-42-43-45-47-53(57)54-51(52(56)46-44-9-7-2)50-61-62(58,59)60-49-48-55(3,4)5/h8,10,12-13,15-16,18-19,21-22,24-25,27-28,30-31,33-34,36-37,44,46,51-52,56H,6-7,9,11,14,17,20,23,26,29,32,35,38-43,45,47-50H2,1-5H3,(H-,54,57,58,59)/p+1/b10-8-,13-12-,16-15-,19-18-,22-21-,25-24-,28-27-,31-30-,34-33-,37-36-,46-44+. The Bertz CT molecular complexity index is 1460. The zero-order valence-electron chi connectivity index (χ0n) is 39.5. The van der Waals surface area contributed by atoms with Crippen LogP contribution in [-0.4, -0.2) is 73.4 Å². The van der Waals surface area contributed by atoms with Gasteiger partial charge in [0.2, 0.25) is 5.91 Å². The molecule has 0 aliphatic carbocycles. The molecular formula is C53H88N2O6P+. The van der Waals surface area contributed by atoms with Gasteiger partial charge in [-0.25, -0.2) is 4.57 Å². The number of unbranched alkanes of at least 4 members (excludes halogenated alkanes) is 7. The quantitative estimate of drug-likeness (QED) is 0.0245. The highest BCUT2D eigenvalue weighted by Crippen LogP contribution is 2.43. The van der Waals surface area contributed by atoms with Gasteiger partial charge in [-0.3, -0.25) is 13.8 Å². The Hall–Kier alpha value is -3.36. The summed E-state index contributed by atoms with van der Waals surface area (Å²) in [7, 11) is 1.53. The van der Waals surface area contributed by atoms with Crippen LogP contribution in [0.4, 0.5) is 0 Å². The van der Waals surface area contributed by atoms with E-state index in [1.807, 2.05) is 34.1 Å². The van der Waals surface area contributed by atoms with Gasteiger partial charge in [0.15, 0.2) is 0 Å². The summed E-state index contributed by atoms with van der Waals surface area (Å²) in [4.78, 5) is 22.8. The normalized spacial score (nSPS) is 15.4. The van der Waals surface area contributed by atoms with Crippen molar-refractivity contribution >= 4 is 13.7 Å². The van der Waals surface area contributed by atoms with Crippen molar-refractivity contribution in [2.75, 3.05) is 40.9 Å². The second-order valence-corrected chi connectivity index (χ2v) is 17.9. The molecule has 0 aromatic heterocycles. The molecule has 62 heavy (non-hydrogen) atoms. The summed E-state index contributed by atoms with van der Waals surface area (Å²) in [6, 6.07) is -0.859. The number of hydrogen-bond donors (Lipinski definition) is 3. The number of rotatable bonds is 40. The maximum Gasteiger partial charge on any atom is 0.472 e. The first-order chi connectivity index (χ1) is 30.0. The molecule has 0 saturated heterocycles. The van der Waals surface area contributed by atoms with Gasteiger partial charge in [-0.1, -0.05) is 180 Å². The molecule has 9 heteroatoms. The van der Waals surface area contributed by atoms with Crippen LogP contribution in [-0.2, 0) is 18.4 Å². The van der Waals surface area contributed by atoms with Crippen LogP contribution in [0.1, 0.15) is 142 Å². The van der Waals surface area contributed by atoms with Gasteiger partial charge in [-0.15, -0.1) is 0 Å². The lowest BCUT2D eigenvalue weighted by atomic mass is 10.1. The summed E-state index contributed by atoms with van der Waals surface area (Å²) in [6.07, 6.45) is 66.3. The SMILES string of the molecule is CC/C=C\C/C=C\C/C=C\C/C=C\C/C=C\C/C=C\C/C=C\C/C=C\C/C=C\C/C=C\CCCCCCCCC(=O)NC(COP(=O)(O)OCC[N+](C)(C)C)C(O)/C=C/CCC. The molecule has 0 aromatic carbocycles. The van der Waals surface area contributed by atoms with E-state index in [1.165, 1.54) is 6.42 Å². The summed E-state index contributed by atoms with van der Waals surface area (Å²) in [6.45, 7) is 4.43. The van der Waals surface area contributed by atoms with Crippen molar-refractivity contribution in [3.05, 3.63) is 134 Å². The number of allylic oxidation sites excluding steroid dienone is 21. The summed E-state index contributed by atoms with van der Waals surface area (Å²) in [5.41, 5.74) is 0. The first kappa shape index (κ1) is 58.6. The van der Waals surface area contributed by atoms with Gasteiger partial charge in [0.1, 0.15) is 13.2 Å². The molecule has 0 radical (unpaired) electrons. The Morgan fingerprint density at radius 1 is 0.565 bits per heavy atom. The fourth-order valence-corrected chi connectivity index (χ4v) is 6.40. The Balaban J connectivity index is 3.96. The summed E-state index contributed by atoms with van der Waals surface area (Å²) >= 11 is 0. The van der Waals surface area contributed by atoms with Gasteiger partial charge in [-0.05, 0) is 89.9 Å². The Morgan fingerprint density at radius 2 is 0.968 bits per heavy atom. The first-order valence-corrected chi connectivity index (χ1v) is 25.1. The van der Waals surface area contributed by atoms with Crippen molar-refractivity contribution in [2.45, 2.75) is 154 Å². The average molecular weight is 880 g/mol. The Kier molecular flexibility index (Phi) is 40.6. The van der Waals surface area contributed by atoms with Crippen molar-refractivity contribution in [1.82, 2.24) is 5.32 Å². The van der Waals surface area contributed by atoms with Crippen molar-refractivity contribution in [3.63, 3.8) is 0 Å². The van der Waals surface area contributed by atoms with Crippen LogP contribution in [0.15, 0.2) is 134 Å². The maximum atomic E-state index is 12.7. The molecule has 8 nitrogen and oxygen atoms in total. The molecule has 350 valence electrons. The van der Waals surface area contributed by atoms with E-state index < -0.39 is 20.0 Å². The fraction of sp³-hybridized carbons (Fsp3) is 0.566. The summed E-state index contributed by atoms with van der Waals surface area (Å²) in [5.74, 6) is -0.212. The van der Waals surface area contributed by atoms with E-state index in [0.29, 0.717) is 17.4 Å². The fourth-order valence-electron chi connectivity index (χ4n) is 5.66. The highest BCUT2D eigenvalue weighted by molar-refractivity contribution is 7.47. The molecule has 0 aliphatic rings. The lowest BCUT2D eigenvalue weighted by Crippen LogP contribution is -2.45. The Morgan fingerprint density at radius 3 is 1.39 bits per heavy atom. The van der Waals surface area contributed by atoms with Crippen LogP contribution in [0, 0.1) is 0 Å². The van der Waals surface area contributed by atoms with E-state index >= 15 is 0 Å². The molecule has 0 saturated carbocycles. The zero-order chi connectivity index (χ0) is 45.7. The summed E-state index contributed by atoms with van der Waals surface area (Å²) in [5, 5.41) is 13.4. The molecule has 0 aromatic rings. The minimum absolute atomic E-state index is 0.0490. The van der Waals surface area contributed by atoms with Crippen LogP contribution in [0.3, 0.4) is 0 Å². The number of phosphoric ester groups is 1. The highest BCUT2D eigenvalue weighted by atomic mass is 31.2. The molecule has 0 aliphatic heterocycles. The van der Waals surface area contributed by atoms with Crippen LogP contribution >= 0.6 is 7.82 Å². The third-order valence-electron chi connectivity index (χ3n) is 9.36. The van der Waals surface area contributed by atoms with Crippen LogP contribution in [0.25, 0.3) is 0 Å². The van der Waals surface area contributed by atoms with Gasteiger partial charge in [0, 0.05) is 6.42 Å². The zero-order valence-corrected chi connectivity index (χ0v) is 40.4. The molecule has 3 atom stereocenters. The second kappa shape index (κ2) is 42.9. The molecule has 3 unspecified atom stereocenters. The van der Waals surface area contributed by atoms with Crippen LogP contribution < -0.4 is 5.32 Å². The average Bonchev–Trinajstić information content (AvgIpc) is 3.23. The van der Waals surface area contributed by atoms with E-state index in [0.717, 1.165) is 116 Å². The van der Waals surface area contributed by atoms with Crippen molar-refractivity contribution in [2.24, 2.45) is 0 Å². The third-order valence-corrected chi connectivity index (χ3v) is 10.3. The molecule has 1 amide bonds. The van der Waals surface area contributed by atoms with Gasteiger partial charge in [0.05, 0.1) is 39.9 Å². The van der Waals surface area contributed by atoms with E-state index in [4.69, 9.17) is 9.05 Å². The van der Waals surface area contributed by atoms with E-state index in [9.17, 15) is 19.4 Å². The van der Waals surface area contributed by atoms with E-state index in [-0.39, 0.29) is 19.1 Å². The number of hydrogen-bond acceptors (Lipinski definition) is 5. The lowest BCUT2D eigenvalue weighted by molar-refractivity contribution is -0.870. The first-order valence-electron chi connectivity index (χ1n) is 23.6. The number of amides is 1. The number of nitrogens with zero attached hydrogens (tertiary/aromatic N) is 1. The molecule has 0 rings (SSSR count). The van der Waals surface area contributed by atoms with E-state index in [1.54, 1.807) is 6.08 Å². The molecule has 0 bridgehead atoms.